The van der Waals surface area contributed by atoms with E-state index in [1.165, 1.54) is 32.1 Å². The summed E-state index contributed by atoms with van der Waals surface area (Å²) in [5.41, 5.74) is 1.14. The predicted octanol–water partition coefficient (Wildman–Crippen LogP) is 4.92. The van der Waals surface area contributed by atoms with Gasteiger partial charge in [0.25, 0.3) is 0 Å². The largest absolute Gasteiger partial charge is 0.261 e. The Kier molecular flexibility index (Phi) is 9.69. The normalized spacial score (nSPS) is 14.0. The van der Waals surface area contributed by atoms with E-state index in [9.17, 15) is 0 Å². The Morgan fingerprint density at radius 3 is 2.38 bits per heavy atom. The molecule has 0 fully saturated rings. The van der Waals surface area contributed by atoms with Crippen LogP contribution in [-0.4, -0.2) is 6.21 Å². The van der Waals surface area contributed by atoms with Crippen LogP contribution in [0.1, 0.15) is 46.0 Å². The zero-order chi connectivity index (χ0) is 12.2. The van der Waals surface area contributed by atoms with Gasteiger partial charge in [-0.3, -0.25) is 4.99 Å². The number of hydrogen-bond acceptors (Lipinski definition) is 1. The summed E-state index contributed by atoms with van der Waals surface area (Å²) in [5, 5.41) is 0. The molecule has 0 aromatic heterocycles. The van der Waals surface area contributed by atoms with Crippen LogP contribution in [-0.2, 0) is 0 Å². The van der Waals surface area contributed by atoms with E-state index in [1.807, 2.05) is 12.2 Å². The monoisotopic (exact) mass is 219 g/mol. The molecule has 0 rings (SSSR count). The predicted molar refractivity (Wildman–Crippen MR) is 74.9 cm³/mol. The van der Waals surface area contributed by atoms with Crippen LogP contribution in [0.2, 0.25) is 0 Å². The van der Waals surface area contributed by atoms with Crippen LogP contribution in [0.15, 0.2) is 42.1 Å². The molecule has 0 saturated heterocycles. The first-order valence-corrected chi connectivity index (χ1v) is 6.27. The Labute approximate surface area is 101 Å². The highest BCUT2D eigenvalue weighted by Gasteiger charge is 2.11. The van der Waals surface area contributed by atoms with Crippen LogP contribution in [0.25, 0.3) is 0 Å². The van der Waals surface area contributed by atoms with E-state index >= 15 is 0 Å². The minimum Gasteiger partial charge on any atom is -0.261 e. The van der Waals surface area contributed by atoms with E-state index in [4.69, 9.17) is 0 Å². The van der Waals surface area contributed by atoms with E-state index in [0.717, 1.165) is 5.70 Å². The molecule has 0 aliphatic carbocycles. The molecule has 0 saturated carbocycles. The van der Waals surface area contributed by atoms with Crippen molar-refractivity contribution in [1.82, 2.24) is 0 Å². The smallest absolute Gasteiger partial charge is 0.0434 e. The molecule has 1 heteroatoms. The number of hydrogen-bond donors (Lipinski definition) is 0. The fourth-order valence-corrected chi connectivity index (χ4v) is 1.78. The average Bonchev–Trinajstić information content (AvgIpc) is 2.30. The van der Waals surface area contributed by atoms with Crippen LogP contribution in [0.4, 0.5) is 0 Å². The highest BCUT2D eigenvalue weighted by molar-refractivity contribution is 5.71. The van der Waals surface area contributed by atoms with Crippen LogP contribution >= 0.6 is 0 Å². The molecule has 1 atom stereocenters. The van der Waals surface area contributed by atoms with Crippen LogP contribution < -0.4 is 0 Å². The first kappa shape index (κ1) is 14.9. The summed E-state index contributed by atoms with van der Waals surface area (Å²) in [6.45, 7) is 11.9. The minimum atomic E-state index is 0.569. The van der Waals surface area contributed by atoms with Crippen molar-refractivity contribution in [1.29, 1.82) is 0 Å². The van der Waals surface area contributed by atoms with E-state index < -0.39 is 0 Å². The summed E-state index contributed by atoms with van der Waals surface area (Å²) >= 11 is 0. The number of nitrogens with zero attached hydrogens (tertiary/aromatic N) is 1. The van der Waals surface area contributed by atoms with Gasteiger partial charge in [-0.1, -0.05) is 58.4 Å². The van der Waals surface area contributed by atoms with E-state index in [-0.39, 0.29) is 0 Å². The van der Waals surface area contributed by atoms with Crippen molar-refractivity contribution in [3.05, 3.63) is 37.1 Å². The first-order valence-electron chi connectivity index (χ1n) is 6.27. The number of unbranched alkanes of at least 4 members (excludes halogenated alkanes) is 1. The second-order valence-corrected chi connectivity index (χ2v) is 3.97. The lowest BCUT2D eigenvalue weighted by Crippen LogP contribution is -2.03. The molecule has 0 aliphatic rings. The molecule has 0 spiro atoms. The van der Waals surface area contributed by atoms with Crippen molar-refractivity contribution in [2.75, 3.05) is 0 Å². The van der Waals surface area contributed by atoms with Crippen LogP contribution in [0.5, 0.6) is 0 Å². The third kappa shape index (κ3) is 6.39. The molecule has 0 aromatic carbocycles. The second kappa shape index (κ2) is 10.4. The van der Waals surface area contributed by atoms with Gasteiger partial charge >= 0.3 is 0 Å². The molecule has 1 unspecified atom stereocenters. The van der Waals surface area contributed by atoms with Crippen molar-refractivity contribution in [2.45, 2.75) is 46.0 Å². The topological polar surface area (TPSA) is 12.4 Å². The van der Waals surface area contributed by atoms with Gasteiger partial charge in [0.05, 0.1) is 0 Å². The Morgan fingerprint density at radius 1 is 1.12 bits per heavy atom. The molecule has 1 nitrogen and oxygen atoms in total. The minimum absolute atomic E-state index is 0.569. The van der Waals surface area contributed by atoms with Gasteiger partial charge in [-0.05, 0) is 18.9 Å². The average molecular weight is 219 g/mol. The zero-order valence-corrected chi connectivity index (χ0v) is 10.8. The van der Waals surface area contributed by atoms with Crippen molar-refractivity contribution in [3.63, 3.8) is 0 Å². The highest BCUT2D eigenvalue weighted by atomic mass is 14.7. The fraction of sp³-hybridized carbons (Fsp3) is 0.533. The van der Waals surface area contributed by atoms with Gasteiger partial charge in [0, 0.05) is 17.8 Å². The van der Waals surface area contributed by atoms with Crippen LogP contribution in [0.3, 0.4) is 0 Å². The fourth-order valence-electron chi connectivity index (χ4n) is 1.78. The van der Waals surface area contributed by atoms with Crippen LogP contribution in [0, 0.1) is 5.92 Å². The summed E-state index contributed by atoms with van der Waals surface area (Å²) in [6, 6.07) is 0. The number of aliphatic imine (C=N–C) groups is 1. The Hall–Kier alpha value is -1.11. The summed E-state index contributed by atoms with van der Waals surface area (Å²) < 4.78 is 0. The molecule has 0 heterocycles. The van der Waals surface area contributed by atoms with E-state index in [2.05, 4.69) is 32.0 Å². The summed E-state index contributed by atoms with van der Waals surface area (Å²) in [7, 11) is 0. The maximum atomic E-state index is 4.45. The van der Waals surface area contributed by atoms with E-state index in [0.29, 0.717) is 5.92 Å². The van der Waals surface area contributed by atoms with Gasteiger partial charge < -0.3 is 0 Å². The van der Waals surface area contributed by atoms with Crippen molar-refractivity contribution in [3.8, 4) is 0 Å². The molecule has 90 valence electrons. The molecular formula is C15H25N. The lowest BCUT2D eigenvalue weighted by Gasteiger charge is -2.16. The Morgan fingerprint density at radius 2 is 1.88 bits per heavy atom. The maximum Gasteiger partial charge on any atom is 0.0434 e. The van der Waals surface area contributed by atoms with Gasteiger partial charge in [0.2, 0.25) is 0 Å². The van der Waals surface area contributed by atoms with Crippen molar-refractivity contribution < 1.29 is 0 Å². The molecule has 16 heavy (non-hydrogen) atoms. The molecule has 0 bridgehead atoms. The summed E-state index contributed by atoms with van der Waals surface area (Å²) in [4.78, 5) is 4.45. The van der Waals surface area contributed by atoms with Crippen molar-refractivity contribution >= 4 is 6.21 Å². The van der Waals surface area contributed by atoms with E-state index in [1.54, 1.807) is 12.3 Å². The maximum absolute atomic E-state index is 4.45. The quantitative estimate of drug-likeness (QED) is 0.385. The lowest BCUT2D eigenvalue weighted by atomic mass is 9.93. The molecule has 0 radical (unpaired) electrons. The SMILES string of the molecule is C=CC=N/C(=C\C=C)C(CCC)CCCC. The van der Waals surface area contributed by atoms with Gasteiger partial charge in [-0.2, -0.15) is 0 Å². The summed E-state index contributed by atoms with van der Waals surface area (Å²) in [5.74, 6) is 0.569. The lowest BCUT2D eigenvalue weighted by molar-refractivity contribution is 0.485. The zero-order valence-electron chi connectivity index (χ0n) is 10.8. The van der Waals surface area contributed by atoms with Gasteiger partial charge in [-0.25, -0.2) is 0 Å². The molecule has 0 aliphatic heterocycles. The standard InChI is InChI=1S/C15H25N/c1-5-9-12-14(10-6-2)15(11-7-3)16-13-8-4/h7-8,11,13-14H,3-6,9-10,12H2,1-2H3/b15-11-,16-13?. The van der Waals surface area contributed by atoms with Gasteiger partial charge in [-0.15, -0.1) is 0 Å². The third-order valence-electron chi connectivity index (χ3n) is 2.58. The Balaban J connectivity index is 4.64. The molecule has 0 N–H and O–H groups in total. The first-order chi connectivity index (χ1) is 7.79. The van der Waals surface area contributed by atoms with Gasteiger partial charge in [0.1, 0.15) is 0 Å². The Bertz CT molecular complexity index is 248. The van der Waals surface area contributed by atoms with Gasteiger partial charge in [0.15, 0.2) is 0 Å². The highest BCUT2D eigenvalue weighted by Crippen LogP contribution is 2.24. The molecule has 0 amide bonds. The number of allylic oxidation sites excluding steroid dienone is 4. The van der Waals surface area contributed by atoms with Crippen molar-refractivity contribution in [2.24, 2.45) is 10.9 Å². The molecular weight excluding hydrogens is 194 g/mol. The summed E-state index contributed by atoms with van der Waals surface area (Å²) in [6.07, 6.45) is 13.5. The third-order valence-corrected chi connectivity index (χ3v) is 2.58. The second-order valence-electron chi connectivity index (χ2n) is 3.97. The number of rotatable bonds is 9. The molecule has 0 aromatic rings.